The maximum Gasteiger partial charge on any atom is 0.326 e. The molecule has 0 bridgehead atoms. The number of carboxylic acids is 1. The van der Waals surface area contributed by atoms with Crippen molar-refractivity contribution in [2.45, 2.75) is 25.5 Å². The molecule has 94 valence electrons. The van der Waals surface area contributed by atoms with E-state index in [-0.39, 0.29) is 18.3 Å². The highest BCUT2D eigenvalue weighted by Crippen LogP contribution is 2.17. The number of hydrogen-bond donors (Lipinski definition) is 1. The van der Waals surface area contributed by atoms with Gasteiger partial charge in [-0.25, -0.2) is 4.98 Å². The van der Waals surface area contributed by atoms with Gasteiger partial charge in [-0.2, -0.15) is 0 Å². The SMILES string of the molecule is CCOC(=O)Cn1cc(C)nc1SCC(=O)O. The number of carbonyl (C=O) groups excluding carboxylic acids is 1. The number of rotatable bonds is 6. The van der Waals surface area contributed by atoms with E-state index >= 15 is 0 Å². The van der Waals surface area contributed by atoms with Gasteiger partial charge in [0, 0.05) is 6.20 Å². The summed E-state index contributed by atoms with van der Waals surface area (Å²) in [5.41, 5.74) is 0.738. The Morgan fingerprint density at radius 1 is 1.59 bits per heavy atom. The van der Waals surface area contributed by atoms with Crippen molar-refractivity contribution < 1.29 is 19.4 Å². The molecule has 0 unspecified atom stereocenters. The molecule has 17 heavy (non-hydrogen) atoms. The maximum atomic E-state index is 11.3. The zero-order valence-corrected chi connectivity index (χ0v) is 10.5. The van der Waals surface area contributed by atoms with Gasteiger partial charge in [-0.3, -0.25) is 9.59 Å². The Hall–Kier alpha value is -1.50. The Labute approximate surface area is 103 Å². The Morgan fingerprint density at radius 2 is 2.29 bits per heavy atom. The molecule has 1 aromatic heterocycles. The minimum absolute atomic E-state index is 0.0522. The lowest BCUT2D eigenvalue weighted by atomic mass is 10.5. The number of carboxylic acid groups (broad SMARTS) is 1. The lowest BCUT2D eigenvalue weighted by Gasteiger charge is -2.05. The summed E-state index contributed by atoms with van der Waals surface area (Å²) in [5, 5.41) is 9.10. The van der Waals surface area contributed by atoms with Crippen LogP contribution in [-0.4, -0.2) is 39.0 Å². The molecule has 0 saturated heterocycles. The van der Waals surface area contributed by atoms with Crippen LogP contribution < -0.4 is 0 Å². The topological polar surface area (TPSA) is 81.4 Å². The fourth-order valence-corrected chi connectivity index (χ4v) is 1.97. The largest absolute Gasteiger partial charge is 0.481 e. The van der Waals surface area contributed by atoms with Crippen molar-refractivity contribution in [2.75, 3.05) is 12.4 Å². The second kappa shape index (κ2) is 6.29. The van der Waals surface area contributed by atoms with Crippen LogP contribution in [0.4, 0.5) is 0 Å². The molecule has 0 aliphatic rings. The van der Waals surface area contributed by atoms with Crippen LogP contribution in [0.15, 0.2) is 11.4 Å². The van der Waals surface area contributed by atoms with E-state index in [1.54, 1.807) is 24.6 Å². The molecule has 0 aliphatic heterocycles. The van der Waals surface area contributed by atoms with Crippen LogP contribution in [0.2, 0.25) is 0 Å². The van der Waals surface area contributed by atoms with Gasteiger partial charge in [-0.05, 0) is 13.8 Å². The predicted molar refractivity (Wildman–Crippen MR) is 62.0 cm³/mol. The average molecular weight is 258 g/mol. The van der Waals surface area contributed by atoms with E-state index in [0.29, 0.717) is 11.8 Å². The van der Waals surface area contributed by atoms with Crippen LogP contribution in [0, 0.1) is 6.92 Å². The molecule has 0 fully saturated rings. The van der Waals surface area contributed by atoms with Crippen LogP contribution in [-0.2, 0) is 20.9 Å². The number of ether oxygens (including phenoxy) is 1. The van der Waals surface area contributed by atoms with Gasteiger partial charge in [0.2, 0.25) is 0 Å². The normalized spacial score (nSPS) is 10.2. The highest BCUT2D eigenvalue weighted by molar-refractivity contribution is 7.99. The summed E-state index contributed by atoms with van der Waals surface area (Å²) in [4.78, 5) is 25.9. The minimum Gasteiger partial charge on any atom is -0.481 e. The average Bonchev–Trinajstić information content (AvgIpc) is 2.56. The molecule has 1 aromatic rings. The summed E-state index contributed by atoms with van der Waals surface area (Å²) in [6, 6.07) is 0. The van der Waals surface area contributed by atoms with Gasteiger partial charge in [-0.1, -0.05) is 11.8 Å². The van der Waals surface area contributed by atoms with Crippen molar-refractivity contribution in [2.24, 2.45) is 0 Å². The second-order valence-corrected chi connectivity index (χ2v) is 4.22. The van der Waals surface area contributed by atoms with Crippen molar-refractivity contribution >= 4 is 23.7 Å². The number of thioether (sulfide) groups is 1. The number of carbonyl (C=O) groups is 2. The smallest absolute Gasteiger partial charge is 0.326 e. The molecule has 0 spiro atoms. The zero-order chi connectivity index (χ0) is 12.8. The van der Waals surface area contributed by atoms with Crippen molar-refractivity contribution in [1.29, 1.82) is 0 Å². The third-order valence-corrected chi connectivity index (χ3v) is 2.77. The predicted octanol–water partition coefficient (Wildman–Crippen LogP) is 0.931. The van der Waals surface area contributed by atoms with Gasteiger partial charge in [0.25, 0.3) is 0 Å². The standard InChI is InChI=1S/C10H14N2O4S/c1-3-16-9(15)5-12-4-7(2)11-10(12)17-6-8(13)14/h4H,3,5-6H2,1-2H3,(H,13,14). The Kier molecular flexibility index (Phi) is 5.02. The highest BCUT2D eigenvalue weighted by atomic mass is 32.2. The van der Waals surface area contributed by atoms with E-state index in [1.807, 2.05) is 0 Å². The molecule has 0 aliphatic carbocycles. The third kappa shape index (κ3) is 4.48. The first-order valence-corrected chi connectivity index (χ1v) is 6.05. The molecular formula is C10H14N2O4S. The monoisotopic (exact) mass is 258 g/mol. The molecule has 0 atom stereocenters. The van der Waals surface area contributed by atoms with Crippen LogP contribution in [0.1, 0.15) is 12.6 Å². The first-order valence-electron chi connectivity index (χ1n) is 5.07. The van der Waals surface area contributed by atoms with Crippen molar-refractivity contribution in [1.82, 2.24) is 9.55 Å². The molecule has 1 rings (SSSR count). The lowest BCUT2D eigenvalue weighted by molar-refractivity contribution is -0.144. The summed E-state index contributed by atoms with van der Waals surface area (Å²) in [7, 11) is 0. The number of aliphatic carboxylic acids is 1. The molecule has 1 N–H and O–H groups in total. The first-order chi connectivity index (χ1) is 8.02. The summed E-state index contributed by atoms with van der Waals surface area (Å²) in [6.07, 6.45) is 1.70. The van der Waals surface area contributed by atoms with Crippen molar-refractivity contribution in [3.63, 3.8) is 0 Å². The minimum atomic E-state index is -0.918. The van der Waals surface area contributed by atoms with E-state index < -0.39 is 5.97 Å². The van der Waals surface area contributed by atoms with Crippen LogP contribution in [0.3, 0.4) is 0 Å². The summed E-state index contributed by atoms with van der Waals surface area (Å²) in [5.74, 6) is -1.36. The van der Waals surface area contributed by atoms with Gasteiger partial charge in [0.1, 0.15) is 6.54 Å². The molecule has 0 saturated carbocycles. The van der Waals surface area contributed by atoms with Crippen LogP contribution in [0.5, 0.6) is 0 Å². The number of aryl methyl sites for hydroxylation is 1. The fraction of sp³-hybridized carbons (Fsp3) is 0.500. The highest BCUT2D eigenvalue weighted by Gasteiger charge is 2.12. The van der Waals surface area contributed by atoms with Gasteiger partial charge in [0.15, 0.2) is 5.16 Å². The second-order valence-electron chi connectivity index (χ2n) is 3.28. The van der Waals surface area contributed by atoms with E-state index in [9.17, 15) is 9.59 Å². The zero-order valence-electron chi connectivity index (χ0n) is 9.67. The van der Waals surface area contributed by atoms with E-state index in [1.165, 1.54) is 0 Å². The van der Waals surface area contributed by atoms with Gasteiger partial charge in [0.05, 0.1) is 18.1 Å². The van der Waals surface area contributed by atoms with E-state index in [4.69, 9.17) is 9.84 Å². The van der Waals surface area contributed by atoms with Crippen LogP contribution in [0.25, 0.3) is 0 Å². The number of imidazole rings is 1. The lowest BCUT2D eigenvalue weighted by Crippen LogP contribution is -2.14. The molecule has 0 radical (unpaired) electrons. The molecule has 1 heterocycles. The van der Waals surface area contributed by atoms with E-state index in [0.717, 1.165) is 17.5 Å². The number of esters is 1. The molecule has 6 nitrogen and oxygen atoms in total. The molecule has 0 amide bonds. The van der Waals surface area contributed by atoms with Crippen molar-refractivity contribution in [3.05, 3.63) is 11.9 Å². The molecular weight excluding hydrogens is 244 g/mol. The number of hydrogen-bond acceptors (Lipinski definition) is 5. The molecule has 7 heteroatoms. The van der Waals surface area contributed by atoms with Crippen molar-refractivity contribution in [3.8, 4) is 0 Å². The summed E-state index contributed by atoms with van der Waals surface area (Å²) < 4.78 is 6.42. The summed E-state index contributed by atoms with van der Waals surface area (Å²) in [6.45, 7) is 3.89. The number of nitrogens with zero attached hydrogens (tertiary/aromatic N) is 2. The fourth-order valence-electron chi connectivity index (χ4n) is 1.23. The van der Waals surface area contributed by atoms with Gasteiger partial charge < -0.3 is 14.4 Å². The Bertz CT molecular complexity index is 416. The van der Waals surface area contributed by atoms with E-state index in [2.05, 4.69) is 4.98 Å². The van der Waals surface area contributed by atoms with Gasteiger partial charge in [-0.15, -0.1) is 0 Å². The Balaban J connectivity index is 2.69. The first kappa shape index (κ1) is 13.6. The molecule has 0 aromatic carbocycles. The maximum absolute atomic E-state index is 11.3. The quantitative estimate of drug-likeness (QED) is 0.604. The number of aromatic nitrogens is 2. The Morgan fingerprint density at radius 3 is 2.88 bits per heavy atom. The third-order valence-electron chi connectivity index (χ3n) is 1.79. The van der Waals surface area contributed by atoms with Crippen LogP contribution >= 0.6 is 11.8 Å². The van der Waals surface area contributed by atoms with Gasteiger partial charge >= 0.3 is 11.9 Å². The summed E-state index contributed by atoms with van der Waals surface area (Å²) >= 11 is 1.08.